The van der Waals surface area contributed by atoms with Gasteiger partial charge in [-0.15, -0.1) is 0 Å². The van der Waals surface area contributed by atoms with Gasteiger partial charge in [0.05, 0.1) is 25.4 Å². The maximum atomic E-state index is 5.56. The topological polar surface area (TPSA) is 55.4 Å². The molecule has 4 radical (unpaired) electrons. The largest absolute Gasteiger partial charge is 0.382 e. The van der Waals surface area contributed by atoms with Crippen molar-refractivity contribution in [1.29, 1.82) is 0 Å². The zero-order chi connectivity index (χ0) is 40.5. The van der Waals surface area contributed by atoms with Crippen LogP contribution < -0.4 is 0 Å². The van der Waals surface area contributed by atoms with E-state index in [2.05, 4.69) is 0 Å². The van der Waals surface area contributed by atoms with Crippen LogP contribution >= 0.6 is 0 Å². The average molecular weight is 801 g/mol. The lowest BCUT2D eigenvalue weighted by atomic mass is 9.96. The zero-order valence-electron chi connectivity index (χ0n) is 37.9. The third kappa shape index (κ3) is 117. The molecule has 0 amide bonds. The second-order valence-electron chi connectivity index (χ2n) is 5.36. The van der Waals surface area contributed by atoms with Gasteiger partial charge in [-0.05, 0) is 12.8 Å². The summed E-state index contributed by atoms with van der Waals surface area (Å²) < 4.78 is 30.9. The standard InChI is InChI=1S/2C7H13BO3.12C2H6.8CH4/c2*1-9-4-6-5(10-2)3-7(8)11-6;12*1-2;;;;;;;;/h2*5-7H,3-4H2,1-2H3;12*1-2H3;8*1H4/t2*5?,6-,7-;;;;;;;;;;;;;;;;;;;;/m11..................../s1. The van der Waals surface area contributed by atoms with Crippen molar-refractivity contribution in [2.24, 2.45) is 0 Å². The fourth-order valence-electron chi connectivity index (χ4n) is 2.61. The molecule has 0 aromatic carbocycles. The molecule has 0 spiro atoms. The van der Waals surface area contributed by atoms with Crippen molar-refractivity contribution in [2.45, 2.75) is 275 Å². The van der Waals surface area contributed by atoms with Crippen molar-refractivity contribution in [3.63, 3.8) is 0 Å². The predicted octanol–water partition coefficient (Wildman–Crippen LogP) is 17.3. The van der Waals surface area contributed by atoms with Crippen LogP contribution in [0.3, 0.4) is 0 Å². The molecule has 2 fully saturated rings. The molecule has 2 heterocycles. The van der Waals surface area contributed by atoms with Crippen LogP contribution in [0.5, 0.6) is 0 Å². The molecule has 54 heavy (non-hydrogen) atoms. The van der Waals surface area contributed by atoms with E-state index in [1.54, 1.807) is 28.4 Å². The first-order valence-electron chi connectivity index (χ1n) is 19.4. The third-order valence-electron chi connectivity index (χ3n) is 3.73. The molecule has 2 aliphatic heterocycles. The van der Waals surface area contributed by atoms with E-state index in [1.165, 1.54) is 0 Å². The van der Waals surface area contributed by atoms with E-state index in [1.807, 2.05) is 166 Å². The van der Waals surface area contributed by atoms with E-state index in [9.17, 15) is 0 Å². The van der Waals surface area contributed by atoms with Crippen LogP contribution in [0.1, 0.15) is 238 Å². The summed E-state index contributed by atoms with van der Waals surface area (Å²) in [6.07, 6.45) is 1.68. The lowest BCUT2D eigenvalue weighted by Crippen LogP contribution is -2.27. The van der Waals surface area contributed by atoms with Crippen LogP contribution in [-0.2, 0) is 28.4 Å². The maximum absolute atomic E-state index is 5.56. The SMILES string of the molecule is C.C.C.C.C.C.C.C.CC.CC.CC.CC.CC.CC.CC.CC.CC.CC.CC.CC.[B][C@H]1CC(OC)[C@@H](COC)O1.[B][C@H]1CC(OC)[C@@H](COC)O1. The smallest absolute Gasteiger partial charge is 0.109 e. The fourth-order valence-corrected chi connectivity index (χ4v) is 2.61. The Morgan fingerprint density at radius 1 is 0.352 bits per heavy atom. The van der Waals surface area contributed by atoms with E-state index < -0.39 is 0 Å². The highest BCUT2D eigenvalue weighted by atomic mass is 16.6. The normalized spacial score (nSPS) is 16.7. The predicted molar refractivity (Wildman–Crippen MR) is 273 cm³/mol. The van der Waals surface area contributed by atoms with Crippen LogP contribution in [0.25, 0.3) is 0 Å². The molecular weight excluding hydrogens is 670 g/mol. The summed E-state index contributed by atoms with van der Waals surface area (Å²) >= 11 is 0. The minimum Gasteiger partial charge on any atom is -0.382 e. The Labute approximate surface area is 359 Å². The Kier molecular flexibility index (Phi) is 445. The molecule has 2 aliphatic rings. The quantitative estimate of drug-likeness (QED) is 0.249. The molecule has 2 saturated heterocycles. The highest BCUT2D eigenvalue weighted by Gasteiger charge is 2.33. The fraction of sp³-hybridized carbons (Fsp3) is 1.00. The van der Waals surface area contributed by atoms with Crippen molar-refractivity contribution >= 4 is 15.7 Å². The van der Waals surface area contributed by atoms with Gasteiger partial charge in [0.2, 0.25) is 0 Å². The molecule has 6 nitrogen and oxygen atoms in total. The third-order valence-corrected chi connectivity index (χ3v) is 3.73. The first-order chi connectivity index (χ1) is 22.5. The van der Waals surface area contributed by atoms with Gasteiger partial charge < -0.3 is 28.4 Å². The van der Waals surface area contributed by atoms with Crippen molar-refractivity contribution in [3.8, 4) is 0 Å². The van der Waals surface area contributed by atoms with Crippen molar-refractivity contribution < 1.29 is 28.4 Å². The van der Waals surface area contributed by atoms with Gasteiger partial charge >= 0.3 is 0 Å². The van der Waals surface area contributed by atoms with Crippen molar-refractivity contribution in [2.75, 3.05) is 41.7 Å². The number of methoxy groups -OCH3 is 4. The number of rotatable bonds is 6. The van der Waals surface area contributed by atoms with Gasteiger partial charge in [-0.3, -0.25) is 0 Å². The van der Waals surface area contributed by atoms with Gasteiger partial charge in [0, 0.05) is 40.4 Å². The molecule has 356 valence electrons. The molecule has 2 rings (SSSR count). The zero-order valence-corrected chi connectivity index (χ0v) is 37.9. The van der Waals surface area contributed by atoms with Crippen LogP contribution in [0.4, 0.5) is 0 Å². The maximum Gasteiger partial charge on any atom is 0.109 e. The van der Waals surface area contributed by atoms with Crippen LogP contribution in [0.2, 0.25) is 0 Å². The number of hydrogen-bond donors (Lipinski definition) is 0. The van der Waals surface area contributed by atoms with Gasteiger partial charge in [0.1, 0.15) is 27.9 Å². The summed E-state index contributed by atoms with van der Waals surface area (Å²) in [4.78, 5) is 0. The molecule has 0 aromatic heterocycles. The van der Waals surface area contributed by atoms with Crippen LogP contribution in [0, 0.1) is 0 Å². The van der Waals surface area contributed by atoms with E-state index >= 15 is 0 Å². The summed E-state index contributed by atoms with van der Waals surface area (Å²) in [5.41, 5.74) is 0. The molecular formula is C46H130B2O6. The summed E-state index contributed by atoms with van der Waals surface area (Å²) in [5, 5.41) is 0. The van der Waals surface area contributed by atoms with Crippen molar-refractivity contribution in [3.05, 3.63) is 0 Å². The van der Waals surface area contributed by atoms with Gasteiger partial charge in [0.15, 0.2) is 0 Å². The molecule has 0 aliphatic carbocycles. The highest BCUT2D eigenvalue weighted by Crippen LogP contribution is 2.21. The Balaban J connectivity index is -0.0000000140. The summed E-state index contributed by atoms with van der Waals surface area (Å²) in [6.45, 7) is 49.1. The number of hydrogen-bond acceptors (Lipinski definition) is 6. The first-order valence-corrected chi connectivity index (χ1v) is 19.4. The van der Waals surface area contributed by atoms with Gasteiger partial charge in [-0.1, -0.05) is 226 Å². The average Bonchev–Trinajstić information content (AvgIpc) is 3.75. The summed E-state index contributed by atoms with van der Waals surface area (Å²) in [6, 6.07) is -0.389. The van der Waals surface area contributed by atoms with Crippen molar-refractivity contribution in [1.82, 2.24) is 0 Å². The van der Waals surface area contributed by atoms with Crippen LogP contribution in [-0.4, -0.2) is 93.8 Å². The minimum absolute atomic E-state index is 0. The lowest BCUT2D eigenvalue weighted by molar-refractivity contribution is -0.0315. The Morgan fingerprint density at radius 2 is 0.500 bits per heavy atom. The monoisotopic (exact) mass is 801 g/mol. The highest BCUT2D eigenvalue weighted by molar-refractivity contribution is 6.11. The summed E-state index contributed by atoms with van der Waals surface area (Å²) in [7, 11) is 17.7. The van der Waals surface area contributed by atoms with E-state index in [0.717, 1.165) is 12.8 Å². The van der Waals surface area contributed by atoms with Gasteiger partial charge in [0.25, 0.3) is 0 Å². The second kappa shape index (κ2) is 183. The van der Waals surface area contributed by atoms with E-state index in [-0.39, 0.29) is 95.8 Å². The molecule has 8 heteroatoms. The van der Waals surface area contributed by atoms with E-state index in [0.29, 0.717) is 13.2 Å². The molecule has 0 aromatic rings. The Morgan fingerprint density at radius 3 is 0.611 bits per heavy atom. The van der Waals surface area contributed by atoms with Gasteiger partial charge in [-0.2, -0.15) is 0 Å². The molecule has 6 atom stereocenters. The second-order valence-corrected chi connectivity index (χ2v) is 5.36. The molecule has 2 unspecified atom stereocenters. The molecule has 0 N–H and O–H groups in total. The number of ether oxygens (including phenoxy) is 6. The molecule has 0 saturated carbocycles. The van der Waals surface area contributed by atoms with E-state index in [4.69, 9.17) is 44.1 Å². The summed E-state index contributed by atoms with van der Waals surface area (Å²) in [5.74, 6) is 0. The van der Waals surface area contributed by atoms with Crippen LogP contribution in [0.15, 0.2) is 0 Å². The minimum atomic E-state index is -0.194. The van der Waals surface area contributed by atoms with Gasteiger partial charge in [-0.25, -0.2) is 0 Å². The lowest BCUT2D eigenvalue weighted by Gasteiger charge is -2.15. The molecule has 0 bridgehead atoms. The Hall–Kier alpha value is -0.110. The first kappa shape index (κ1) is 131. The Bertz CT molecular complexity index is 280.